The van der Waals surface area contributed by atoms with Crippen LogP contribution in [0.4, 0.5) is 11.4 Å². The van der Waals surface area contributed by atoms with E-state index in [0.29, 0.717) is 22.6 Å². The van der Waals surface area contributed by atoms with Crippen LogP contribution in [0.5, 0.6) is 11.6 Å². The van der Waals surface area contributed by atoms with Gasteiger partial charge in [0.2, 0.25) is 0 Å². The quantitative estimate of drug-likeness (QED) is 0.533. The van der Waals surface area contributed by atoms with Crippen molar-refractivity contribution in [2.75, 3.05) is 25.7 Å². The second kappa shape index (κ2) is 9.36. The van der Waals surface area contributed by atoms with E-state index in [2.05, 4.69) is 31.1 Å². The molecule has 3 rings (SSSR count). The molecule has 0 bridgehead atoms. The molecular formula is C20H21BrN4O3. The number of nitrogens with zero attached hydrogens (tertiary/aromatic N) is 3. The number of H-pyrrole nitrogens is 1. The van der Waals surface area contributed by atoms with Crippen LogP contribution in [0, 0.1) is 0 Å². The molecule has 28 heavy (non-hydrogen) atoms. The molecule has 0 aliphatic carbocycles. The largest absolute Gasteiger partial charge is 0.497 e. The van der Waals surface area contributed by atoms with Gasteiger partial charge in [0, 0.05) is 13.2 Å². The third-order valence-electron chi connectivity index (χ3n) is 4.25. The molecule has 0 atom stereocenters. The number of anilines is 2. The first-order valence-electron chi connectivity index (χ1n) is 8.78. The average molecular weight is 445 g/mol. The molecule has 3 aromatic rings. The molecule has 1 N–H and O–H groups in total. The van der Waals surface area contributed by atoms with Gasteiger partial charge < -0.3 is 14.4 Å². The van der Waals surface area contributed by atoms with Crippen LogP contribution in [0.3, 0.4) is 0 Å². The zero-order valence-corrected chi connectivity index (χ0v) is 17.3. The van der Waals surface area contributed by atoms with Crippen LogP contribution in [0.15, 0.2) is 58.1 Å². The molecule has 0 amide bonds. The van der Waals surface area contributed by atoms with E-state index in [-0.39, 0.29) is 5.56 Å². The van der Waals surface area contributed by atoms with E-state index in [4.69, 9.17) is 9.47 Å². The Hall–Kier alpha value is -2.87. The molecule has 0 saturated heterocycles. The molecule has 7 nitrogen and oxygen atoms in total. The molecule has 8 heteroatoms. The van der Waals surface area contributed by atoms with Crippen molar-refractivity contribution in [3.63, 3.8) is 0 Å². The average Bonchev–Trinajstić information content (AvgIpc) is 2.74. The molecule has 146 valence electrons. The Balaban J connectivity index is 1.69. The Morgan fingerprint density at radius 2 is 2.00 bits per heavy atom. The van der Waals surface area contributed by atoms with Gasteiger partial charge in [-0.15, -0.1) is 5.10 Å². The molecule has 0 fully saturated rings. The molecule has 0 aliphatic heterocycles. The minimum absolute atomic E-state index is 0.323. The van der Waals surface area contributed by atoms with E-state index in [1.807, 2.05) is 48.3 Å². The monoisotopic (exact) mass is 444 g/mol. The highest BCUT2D eigenvalue weighted by Crippen LogP contribution is 2.34. The van der Waals surface area contributed by atoms with Gasteiger partial charge >= 0.3 is 0 Å². The van der Waals surface area contributed by atoms with Crippen LogP contribution in [0.25, 0.3) is 0 Å². The maximum absolute atomic E-state index is 12.0. The predicted molar refractivity (Wildman–Crippen MR) is 112 cm³/mol. The molecule has 0 spiro atoms. The lowest BCUT2D eigenvalue weighted by Gasteiger charge is -2.22. The predicted octanol–water partition coefficient (Wildman–Crippen LogP) is 3.72. The molecule has 1 aromatic carbocycles. The number of benzene rings is 1. The minimum Gasteiger partial charge on any atom is -0.497 e. The van der Waals surface area contributed by atoms with Crippen LogP contribution in [-0.2, 0) is 6.42 Å². The topological polar surface area (TPSA) is 80.3 Å². The number of aryl methyl sites for hydroxylation is 1. The standard InChI is InChI=1S/C20H21BrN4O3/c1-25(15-6-3-11-22-13-15)18-17(21)19(26)23-24-20(18)28-12-4-5-14-7-9-16(27-2)10-8-14/h3,6-11,13H,4-5,12H2,1-2H3,(H,23,26). The fourth-order valence-electron chi connectivity index (χ4n) is 2.71. The summed E-state index contributed by atoms with van der Waals surface area (Å²) in [4.78, 5) is 18.0. The first kappa shape index (κ1) is 19.9. The molecule has 0 radical (unpaired) electrons. The lowest BCUT2D eigenvalue weighted by atomic mass is 10.1. The number of methoxy groups -OCH3 is 1. The van der Waals surface area contributed by atoms with Crippen molar-refractivity contribution in [3.8, 4) is 11.6 Å². The second-order valence-corrected chi connectivity index (χ2v) is 6.88. The smallest absolute Gasteiger partial charge is 0.280 e. The van der Waals surface area contributed by atoms with E-state index in [1.165, 1.54) is 5.56 Å². The van der Waals surface area contributed by atoms with Gasteiger partial charge in [-0.3, -0.25) is 9.78 Å². The summed E-state index contributed by atoms with van der Waals surface area (Å²) in [6.45, 7) is 0.464. The van der Waals surface area contributed by atoms with Crippen molar-refractivity contribution in [2.45, 2.75) is 12.8 Å². The lowest BCUT2D eigenvalue weighted by molar-refractivity contribution is 0.296. The molecule has 2 heterocycles. The summed E-state index contributed by atoms with van der Waals surface area (Å²) >= 11 is 3.35. The Morgan fingerprint density at radius 1 is 1.21 bits per heavy atom. The van der Waals surface area contributed by atoms with Crippen molar-refractivity contribution >= 4 is 27.3 Å². The summed E-state index contributed by atoms with van der Waals surface area (Å²) < 4.78 is 11.4. The van der Waals surface area contributed by atoms with Crippen LogP contribution >= 0.6 is 15.9 Å². The van der Waals surface area contributed by atoms with Gasteiger partial charge in [0.25, 0.3) is 11.4 Å². The van der Waals surface area contributed by atoms with E-state index in [1.54, 1.807) is 19.5 Å². The third-order valence-corrected chi connectivity index (χ3v) is 4.98. The summed E-state index contributed by atoms with van der Waals surface area (Å²) in [7, 11) is 3.49. The number of halogens is 1. The maximum Gasteiger partial charge on any atom is 0.280 e. The minimum atomic E-state index is -0.323. The van der Waals surface area contributed by atoms with Crippen LogP contribution in [0.1, 0.15) is 12.0 Å². The molecule has 2 aromatic heterocycles. The van der Waals surface area contributed by atoms with Crippen molar-refractivity contribution < 1.29 is 9.47 Å². The fraction of sp³-hybridized carbons (Fsp3) is 0.250. The van der Waals surface area contributed by atoms with E-state index >= 15 is 0 Å². The number of rotatable bonds is 8. The SMILES string of the molecule is COc1ccc(CCCOc2n[nH]c(=O)c(Br)c2N(C)c2cccnc2)cc1. The number of pyridine rings is 1. The van der Waals surface area contributed by atoms with E-state index in [0.717, 1.165) is 24.3 Å². The molecule has 0 unspecified atom stereocenters. The summed E-state index contributed by atoms with van der Waals surface area (Å²) in [5.41, 5.74) is 2.25. The number of hydrogen-bond acceptors (Lipinski definition) is 6. The number of aromatic amines is 1. The summed E-state index contributed by atoms with van der Waals surface area (Å²) in [6, 6.07) is 11.7. The first-order valence-corrected chi connectivity index (χ1v) is 9.57. The number of hydrogen-bond donors (Lipinski definition) is 1. The highest BCUT2D eigenvalue weighted by atomic mass is 79.9. The van der Waals surface area contributed by atoms with E-state index < -0.39 is 0 Å². The van der Waals surface area contributed by atoms with Gasteiger partial charge in [-0.05, 0) is 58.6 Å². The normalized spacial score (nSPS) is 10.5. The van der Waals surface area contributed by atoms with Crippen LogP contribution in [0.2, 0.25) is 0 Å². The maximum atomic E-state index is 12.0. The first-order chi connectivity index (χ1) is 13.6. The van der Waals surface area contributed by atoms with Gasteiger partial charge in [0.05, 0.1) is 25.6 Å². The molecular weight excluding hydrogens is 424 g/mol. The van der Waals surface area contributed by atoms with Gasteiger partial charge in [-0.1, -0.05) is 12.1 Å². The fourth-order valence-corrected chi connectivity index (χ4v) is 3.24. The molecule has 0 aliphatic rings. The van der Waals surface area contributed by atoms with Crippen molar-refractivity contribution in [1.29, 1.82) is 0 Å². The zero-order chi connectivity index (χ0) is 19.9. The summed E-state index contributed by atoms with van der Waals surface area (Å²) in [6.07, 6.45) is 5.07. The number of ether oxygens (including phenoxy) is 2. The van der Waals surface area contributed by atoms with Crippen LogP contribution < -0.4 is 19.9 Å². The third kappa shape index (κ3) is 4.69. The number of aromatic nitrogens is 3. The van der Waals surface area contributed by atoms with Gasteiger partial charge in [0.1, 0.15) is 15.9 Å². The highest BCUT2D eigenvalue weighted by Gasteiger charge is 2.19. The van der Waals surface area contributed by atoms with Crippen LogP contribution in [-0.4, -0.2) is 35.9 Å². The second-order valence-electron chi connectivity index (χ2n) is 6.09. The van der Waals surface area contributed by atoms with E-state index in [9.17, 15) is 4.79 Å². The number of nitrogens with one attached hydrogen (secondary N) is 1. The highest BCUT2D eigenvalue weighted by molar-refractivity contribution is 9.10. The van der Waals surface area contributed by atoms with Gasteiger partial charge in [-0.2, -0.15) is 0 Å². The zero-order valence-electron chi connectivity index (χ0n) is 15.7. The van der Waals surface area contributed by atoms with Gasteiger partial charge in [-0.25, -0.2) is 5.10 Å². The summed E-state index contributed by atoms with van der Waals surface area (Å²) in [5.74, 6) is 1.19. The summed E-state index contributed by atoms with van der Waals surface area (Å²) in [5, 5.41) is 6.54. The van der Waals surface area contributed by atoms with Crippen molar-refractivity contribution in [3.05, 3.63) is 69.2 Å². The Morgan fingerprint density at radius 3 is 2.68 bits per heavy atom. The Labute approximate surface area is 171 Å². The van der Waals surface area contributed by atoms with Crippen molar-refractivity contribution in [2.24, 2.45) is 0 Å². The molecule has 0 saturated carbocycles. The lowest BCUT2D eigenvalue weighted by Crippen LogP contribution is -2.20. The Bertz CT molecular complexity index is 961. The van der Waals surface area contributed by atoms with Crippen molar-refractivity contribution in [1.82, 2.24) is 15.2 Å². The Kier molecular flexibility index (Phi) is 6.65. The van der Waals surface area contributed by atoms with Gasteiger partial charge in [0.15, 0.2) is 0 Å².